The quantitative estimate of drug-likeness (QED) is 0.803. The standard InChI is InChI=1S/C13H20N2O5S/c1-9(8-16)15(3)21(18,19)11-5-6-13(20-4)12(7-11)14-10(2)17/h5-7,9,16H,8H2,1-4H3,(H,14,17). The van der Waals surface area contributed by atoms with Crippen molar-refractivity contribution in [1.82, 2.24) is 4.31 Å². The van der Waals surface area contributed by atoms with Crippen LogP contribution in [0.4, 0.5) is 5.69 Å². The first-order valence-corrected chi connectivity index (χ1v) is 7.72. The fraction of sp³-hybridized carbons (Fsp3) is 0.462. The maximum absolute atomic E-state index is 12.4. The number of hydrogen-bond acceptors (Lipinski definition) is 5. The number of amides is 1. The van der Waals surface area contributed by atoms with Crippen molar-refractivity contribution in [3.63, 3.8) is 0 Å². The van der Waals surface area contributed by atoms with Crippen LogP contribution < -0.4 is 10.1 Å². The van der Waals surface area contributed by atoms with E-state index in [4.69, 9.17) is 9.84 Å². The van der Waals surface area contributed by atoms with Gasteiger partial charge in [0.05, 0.1) is 24.3 Å². The van der Waals surface area contributed by atoms with E-state index >= 15 is 0 Å². The highest BCUT2D eigenvalue weighted by Gasteiger charge is 2.26. The summed E-state index contributed by atoms with van der Waals surface area (Å²) in [5.74, 6) is 0.0296. The fourth-order valence-electron chi connectivity index (χ4n) is 1.65. The number of nitrogens with one attached hydrogen (secondary N) is 1. The van der Waals surface area contributed by atoms with E-state index in [9.17, 15) is 13.2 Å². The number of carbonyl (C=O) groups is 1. The second-order valence-corrected chi connectivity index (χ2v) is 6.59. The molecular formula is C13H20N2O5S. The summed E-state index contributed by atoms with van der Waals surface area (Å²) in [5, 5.41) is 11.6. The number of carbonyl (C=O) groups excluding carboxylic acids is 1. The molecule has 1 aromatic rings. The van der Waals surface area contributed by atoms with E-state index in [1.807, 2.05) is 0 Å². The highest BCUT2D eigenvalue weighted by molar-refractivity contribution is 7.89. The molecule has 0 aliphatic rings. The monoisotopic (exact) mass is 316 g/mol. The molecule has 7 nitrogen and oxygen atoms in total. The van der Waals surface area contributed by atoms with Gasteiger partial charge in [0.2, 0.25) is 15.9 Å². The molecule has 1 aromatic carbocycles. The molecule has 0 spiro atoms. The molecule has 1 atom stereocenters. The van der Waals surface area contributed by atoms with Gasteiger partial charge in [0, 0.05) is 20.0 Å². The molecule has 0 saturated heterocycles. The molecule has 1 amide bonds. The third-order valence-electron chi connectivity index (χ3n) is 3.04. The van der Waals surface area contributed by atoms with Gasteiger partial charge in [0.1, 0.15) is 5.75 Å². The van der Waals surface area contributed by atoms with Crippen molar-refractivity contribution in [2.75, 3.05) is 26.1 Å². The Labute approximate surface area is 124 Å². The number of likely N-dealkylation sites (N-methyl/N-ethyl adjacent to an activating group) is 1. The second kappa shape index (κ2) is 6.88. The van der Waals surface area contributed by atoms with Crippen LogP contribution in [-0.2, 0) is 14.8 Å². The highest BCUT2D eigenvalue weighted by atomic mass is 32.2. The molecule has 2 N–H and O–H groups in total. The Morgan fingerprint density at radius 1 is 1.48 bits per heavy atom. The number of anilines is 1. The van der Waals surface area contributed by atoms with Gasteiger partial charge in [0.25, 0.3) is 0 Å². The molecule has 0 aliphatic heterocycles. The molecule has 0 aromatic heterocycles. The zero-order valence-corrected chi connectivity index (χ0v) is 13.3. The van der Waals surface area contributed by atoms with E-state index in [1.165, 1.54) is 39.3 Å². The van der Waals surface area contributed by atoms with Crippen LogP contribution in [0.2, 0.25) is 0 Å². The van der Waals surface area contributed by atoms with Crippen LogP contribution in [0.25, 0.3) is 0 Å². The number of methoxy groups -OCH3 is 1. The van der Waals surface area contributed by atoms with Crippen molar-refractivity contribution in [1.29, 1.82) is 0 Å². The van der Waals surface area contributed by atoms with Gasteiger partial charge in [0.15, 0.2) is 0 Å². The predicted molar refractivity (Wildman–Crippen MR) is 78.8 cm³/mol. The molecule has 0 radical (unpaired) electrons. The van der Waals surface area contributed by atoms with Crippen LogP contribution in [0, 0.1) is 0 Å². The highest BCUT2D eigenvalue weighted by Crippen LogP contribution is 2.29. The first kappa shape index (κ1) is 17.4. The van der Waals surface area contributed by atoms with Gasteiger partial charge < -0.3 is 15.2 Å². The Kier molecular flexibility index (Phi) is 5.70. The molecular weight excluding hydrogens is 296 g/mol. The van der Waals surface area contributed by atoms with Gasteiger partial charge in [-0.25, -0.2) is 8.42 Å². The fourth-order valence-corrected chi connectivity index (χ4v) is 3.03. The molecule has 0 aliphatic carbocycles. The lowest BCUT2D eigenvalue weighted by Gasteiger charge is -2.23. The number of nitrogens with zero attached hydrogens (tertiary/aromatic N) is 1. The summed E-state index contributed by atoms with van der Waals surface area (Å²) >= 11 is 0. The predicted octanol–water partition coefficient (Wildman–Crippen LogP) is 0.655. The average Bonchev–Trinajstić information content (AvgIpc) is 2.44. The largest absolute Gasteiger partial charge is 0.495 e. The molecule has 21 heavy (non-hydrogen) atoms. The normalized spacial score (nSPS) is 13.0. The van der Waals surface area contributed by atoms with Crippen LogP contribution >= 0.6 is 0 Å². The second-order valence-electron chi connectivity index (χ2n) is 4.60. The molecule has 0 heterocycles. The number of hydrogen-bond donors (Lipinski definition) is 2. The summed E-state index contributed by atoms with van der Waals surface area (Å²) in [6.07, 6.45) is 0. The maximum atomic E-state index is 12.4. The summed E-state index contributed by atoms with van der Waals surface area (Å²) in [5.41, 5.74) is 0.274. The first-order chi connectivity index (χ1) is 9.73. The van der Waals surface area contributed by atoms with Gasteiger partial charge >= 0.3 is 0 Å². The van der Waals surface area contributed by atoms with E-state index in [1.54, 1.807) is 6.92 Å². The van der Waals surface area contributed by atoms with Crippen LogP contribution in [0.15, 0.2) is 23.1 Å². The van der Waals surface area contributed by atoms with Crippen molar-refractivity contribution in [2.45, 2.75) is 24.8 Å². The Balaban J connectivity index is 3.28. The van der Waals surface area contributed by atoms with E-state index in [-0.39, 0.29) is 23.1 Å². The number of ether oxygens (including phenoxy) is 1. The summed E-state index contributed by atoms with van der Waals surface area (Å²) in [6, 6.07) is 3.63. The van der Waals surface area contributed by atoms with E-state index in [0.717, 1.165) is 4.31 Å². The Morgan fingerprint density at radius 3 is 2.57 bits per heavy atom. The van der Waals surface area contributed by atoms with Crippen LogP contribution in [0.5, 0.6) is 5.75 Å². The SMILES string of the molecule is COc1ccc(S(=O)(=O)N(C)C(C)CO)cc1NC(C)=O. The van der Waals surface area contributed by atoms with Crippen LogP contribution in [-0.4, -0.2) is 50.5 Å². The number of benzene rings is 1. The maximum Gasteiger partial charge on any atom is 0.243 e. The molecule has 0 fully saturated rings. The zero-order chi connectivity index (χ0) is 16.2. The smallest absolute Gasteiger partial charge is 0.243 e. The van der Waals surface area contributed by atoms with E-state index < -0.39 is 16.1 Å². The lowest BCUT2D eigenvalue weighted by molar-refractivity contribution is -0.114. The minimum atomic E-state index is -3.77. The number of aliphatic hydroxyl groups is 1. The van der Waals surface area contributed by atoms with Gasteiger partial charge in [-0.2, -0.15) is 4.31 Å². The summed E-state index contributed by atoms with van der Waals surface area (Å²) < 4.78 is 31.0. The van der Waals surface area contributed by atoms with Crippen LogP contribution in [0.1, 0.15) is 13.8 Å². The number of aliphatic hydroxyl groups excluding tert-OH is 1. The summed E-state index contributed by atoms with van der Waals surface area (Å²) in [7, 11) is -0.954. The average molecular weight is 316 g/mol. The van der Waals surface area contributed by atoms with Crippen molar-refractivity contribution < 1.29 is 23.1 Å². The van der Waals surface area contributed by atoms with Gasteiger partial charge in [-0.05, 0) is 25.1 Å². The Hall–Kier alpha value is -1.64. The number of rotatable bonds is 6. The van der Waals surface area contributed by atoms with Crippen LogP contribution in [0.3, 0.4) is 0 Å². The summed E-state index contributed by atoms with van der Waals surface area (Å²) in [6.45, 7) is 2.63. The van der Waals surface area contributed by atoms with Gasteiger partial charge in [-0.3, -0.25) is 4.79 Å². The van der Waals surface area contributed by atoms with E-state index in [0.29, 0.717) is 5.75 Å². The molecule has 0 bridgehead atoms. The first-order valence-electron chi connectivity index (χ1n) is 6.28. The molecule has 1 unspecified atom stereocenters. The minimum absolute atomic E-state index is 0.00912. The van der Waals surface area contributed by atoms with Crippen molar-refractivity contribution in [3.8, 4) is 5.75 Å². The number of sulfonamides is 1. The van der Waals surface area contributed by atoms with Crippen molar-refractivity contribution >= 4 is 21.6 Å². The topological polar surface area (TPSA) is 95.9 Å². The lowest BCUT2D eigenvalue weighted by atomic mass is 10.3. The molecule has 8 heteroatoms. The van der Waals surface area contributed by atoms with Gasteiger partial charge in [-0.1, -0.05) is 0 Å². The third-order valence-corrected chi connectivity index (χ3v) is 5.01. The molecule has 0 saturated carbocycles. The molecule has 118 valence electrons. The minimum Gasteiger partial charge on any atom is -0.495 e. The van der Waals surface area contributed by atoms with Crippen molar-refractivity contribution in [2.24, 2.45) is 0 Å². The Morgan fingerprint density at radius 2 is 2.10 bits per heavy atom. The van der Waals surface area contributed by atoms with Crippen molar-refractivity contribution in [3.05, 3.63) is 18.2 Å². The Bertz CT molecular complexity index is 615. The zero-order valence-electron chi connectivity index (χ0n) is 12.5. The van der Waals surface area contributed by atoms with Gasteiger partial charge in [-0.15, -0.1) is 0 Å². The third kappa shape index (κ3) is 3.93. The summed E-state index contributed by atoms with van der Waals surface area (Å²) in [4.78, 5) is 11.2. The lowest BCUT2D eigenvalue weighted by Crippen LogP contribution is -2.37. The van der Waals surface area contributed by atoms with E-state index in [2.05, 4.69) is 5.32 Å². The molecule has 1 rings (SSSR count).